The molecule has 1 aliphatic heterocycles. The number of hydrogen-bond donors (Lipinski definition) is 1. The Morgan fingerprint density at radius 1 is 1.12 bits per heavy atom. The number of benzene rings is 2. The van der Waals surface area contributed by atoms with Crippen LogP contribution in [0.25, 0.3) is 0 Å². The third-order valence-corrected chi connectivity index (χ3v) is 6.92. The van der Waals surface area contributed by atoms with Crippen LogP contribution in [0.1, 0.15) is 28.2 Å². The van der Waals surface area contributed by atoms with Crippen LogP contribution in [-0.2, 0) is 9.53 Å². The number of amides is 1. The third kappa shape index (κ3) is 4.33. The van der Waals surface area contributed by atoms with Crippen LogP contribution >= 0.6 is 11.3 Å². The Balaban J connectivity index is 1.92. The maximum Gasteiger partial charge on any atom is 0.248 e. The Morgan fingerprint density at radius 3 is 2.44 bits per heavy atom. The maximum absolute atomic E-state index is 15.0. The number of aryl methyl sites for hydroxylation is 1. The second-order valence-electron chi connectivity index (χ2n) is 8.18. The van der Waals surface area contributed by atoms with Crippen molar-refractivity contribution in [3.8, 4) is 0 Å². The van der Waals surface area contributed by atoms with Crippen molar-refractivity contribution >= 4 is 28.6 Å². The average Bonchev–Trinajstić information content (AvgIpc) is 3.35. The predicted molar refractivity (Wildman–Crippen MR) is 127 cm³/mol. The minimum absolute atomic E-state index is 0.0406. The van der Waals surface area contributed by atoms with Crippen molar-refractivity contribution < 1.29 is 22.7 Å². The number of carbonyl (C=O) groups excluding carboxylic acids is 1. The molecule has 0 saturated heterocycles. The number of anilines is 1. The second-order valence-corrected chi connectivity index (χ2v) is 9.50. The molecule has 0 saturated carbocycles. The van der Waals surface area contributed by atoms with E-state index >= 15 is 0 Å². The van der Waals surface area contributed by atoms with Gasteiger partial charge in [0, 0.05) is 29.5 Å². The topological polar surface area (TPSA) is 53.9 Å². The molecule has 2 heterocycles. The van der Waals surface area contributed by atoms with Crippen molar-refractivity contribution in [2.75, 3.05) is 25.3 Å². The van der Waals surface area contributed by atoms with Crippen molar-refractivity contribution in [2.24, 2.45) is 5.10 Å². The number of hydrogen-bond acceptors (Lipinski definition) is 5. The van der Waals surface area contributed by atoms with E-state index in [1.807, 2.05) is 19.1 Å². The first kappa shape index (κ1) is 24.0. The molecule has 1 amide bonds. The van der Waals surface area contributed by atoms with Crippen molar-refractivity contribution in [2.45, 2.75) is 25.3 Å². The molecule has 1 N–H and O–H groups in total. The molecule has 2 aromatic carbocycles. The van der Waals surface area contributed by atoms with E-state index in [1.54, 1.807) is 19.1 Å². The third-order valence-electron chi connectivity index (χ3n) is 5.86. The molecule has 34 heavy (non-hydrogen) atoms. The number of carbonyl (C=O) groups is 1. The molecule has 5 nitrogen and oxygen atoms in total. The summed E-state index contributed by atoms with van der Waals surface area (Å²) in [7, 11) is 1.52. The van der Waals surface area contributed by atoms with E-state index in [9.17, 15) is 18.0 Å². The molecule has 0 bridgehead atoms. The quantitative estimate of drug-likeness (QED) is 0.477. The van der Waals surface area contributed by atoms with E-state index in [1.165, 1.54) is 41.7 Å². The number of thiophene rings is 1. The fourth-order valence-corrected chi connectivity index (χ4v) is 5.26. The van der Waals surface area contributed by atoms with Gasteiger partial charge in [0.05, 0.1) is 23.9 Å². The van der Waals surface area contributed by atoms with Gasteiger partial charge in [-0.15, -0.1) is 11.3 Å². The minimum Gasteiger partial charge on any atom is -0.383 e. The Hall–Kier alpha value is -3.17. The molecule has 3 aromatic rings. The Morgan fingerprint density at radius 2 is 1.82 bits per heavy atom. The normalized spacial score (nSPS) is 19.9. The van der Waals surface area contributed by atoms with E-state index in [2.05, 4.69) is 5.32 Å². The highest BCUT2D eigenvalue weighted by Gasteiger charge is 2.55. The fourth-order valence-electron chi connectivity index (χ4n) is 4.15. The lowest BCUT2D eigenvalue weighted by Gasteiger charge is -2.37. The van der Waals surface area contributed by atoms with Gasteiger partial charge in [0.1, 0.15) is 11.6 Å². The van der Waals surface area contributed by atoms with Gasteiger partial charge in [-0.1, -0.05) is 12.1 Å². The number of ether oxygens (including phenoxy) is 1. The first-order valence-corrected chi connectivity index (χ1v) is 11.5. The SMILES string of the molecule is COCCNC(=O)C1(C)C(c2ccc(C)s2)C(c2ccc(F)cc2)=NN1c1ccc(F)cc1F. The Kier molecular flexibility index (Phi) is 6.77. The molecule has 0 fully saturated rings. The first-order valence-electron chi connectivity index (χ1n) is 10.7. The summed E-state index contributed by atoms with van der Waals surface area (Å²) in [5.74, 6) is -3.00. The Bertz CT molecular complexity index is 1230. The fraction of sp³-hybridized carbons (Fsp3) is 0.280. The van der Waals surface area contributed by atoms with Gasteiger partial charge in [-0.25, -0.2) is 18.2 Å². The molecule has 1 aliphatic rings. The summed E-state index contributed by atoms with van der Waals surface area (Å²) in [6.45, 7) is 4.16. The van der Waals surface area contributed by atoms with Crippen molar-refractivity contribution in [3.05, 3.63) is 87.4 Å². The van der Waals surface area contributed by atoms with Gasteiger partial charge in [0.2, 0.25) is 5.91 Å². The highest BCUT2D eigenvalue weighted by molar-refractivity contribution is 7.12. The lowest BCUT2D eigenvalue weighted by Crippen LogP contribution is -2.57. The smallest absolute Gasteiger partial charge is 0.248 e. The minimum atomic E-state index is -1.41. The summed E-state index contributed by atoms with van der Waals surface area (Å²) < 4.78 is 47.4. The number of nitrogens with zero attached hydrogens (tertiary/aromatic N) is 2. The molecule has 4 rings (SSSR count). The van der Waals surface area contributed by atoms with Gasteiger partial charge in [-0.2, -0.15) is 5.10 Å². The number of hydrazone groups is 1. The number of methoxy groups -OCH3 is 1. The van der Waals surface area contributed by atoms with E-state index in [0.717, 1.165) is 21.9 Å². The lowest BCUT2D eigenvalue weighted by molar-refractivity contribution is -0.126. The summed E-state index contributed by atoms with van der Waals surface area (Å²) in [4.78, 5) is 15.6. The molecule has 2 unspecified atom stereocenters. The van der Waals surface area contributed by atoms with Gasteiger partial charge in [0.25, 0.3) is 0 Å². The largest absolute Gasteiger partial charge is 0.383 e. The summed E-state index contributed by atoms with van der Waals surface area (Å²) in [5, 5.41) is 8.86. The molecule has 9 heteroatoms. The monoisotopic (exact) mass is 487 g/mol. The molecule has 2 atom stereocenters. The number of nitrogens with one attached hydrogen (secondary N) is 1. The maximum atomic E-state index is 15.0. The zero-order chi connectivity index (χ0) is 24.5. The van der Waals surface area contributed by atoms with Gasteiger partial charge >= 0.3 is 0 Å². The molecule has 0 aliphatic carbocycles. The lowest BCUT2D eigenvalue weighted by atomic mass is 9.78. The van der Waals surface area contributed by atoms with Gasteiger partial charge in [-0.05, 0) is 55.8 Å². The van der Waals surface area contributed by atoms with Crippen molar-refractivity contribution in [3.63, 3.8) is 0 Å². The molecule has 178 valence electrons. The Labute approximate surface area is 199 Å². The van der Waals surface area contributed by atoms with Gasteiger partial charge < -0.3 is 10.1 Å². The molecular weight excluding hydrogens is 463 g/mol. The highest BCUT2D eigenvalue weighted by Crippen LogP contribution is 2.47. The highest BCUT2D eigenvalue weighted by atomic mass is 32.1. The van der Waals surface area contributed by atoms with Crippen LogP contribution in [0.2, 0.25) is 0 Å². The van der Waals surface area contributed by atoms with E-state index in [-0.39, 0.29) is 12.2 Å². The van der Waals surface area contributed by atoms with E-state index < -0.39 is 34.8 Å². The van der Waals surface area contributed by atoms with Crippen LogP contribution in [0.5, 0.6) is 0 Å². The van der Waals surface area contributed by atoms with Gasteiger partial charge in [0.15, 0.2) is 11.4 Å². The van der Waals surface area contributed by atoms with Crippen LogP contribution in [0.4, 0.5) is 18.9 Å². The first-order chi connectivity index (χ1) is 16.3. The van der Waals surface area contributed by atoms with Crippen LogP contribution in [-0.4, -0.2) is 37.4 Å². The van der Waals surface area contributed by atoms with Crippen LogP contribution in [0.15, 0.2) is 59.7 Å². The second kappa shape index (κ2) is 9.60. The summed E-state index contributed by atoms with van der Waals surface area (Å²) in [6.07, 6.45) is 0. The summed E-state index contributed by atoms with van der Waals surface area (Å²) in [6, 6.07) is 12.8. The molecule has 0 spiro atoms. The zero-order valence-corrected chi connectivity index (χ0v) is 19.8. The zero-order valence-electron chi connectivity index (χ0n) is 18.9. The number of halogens is 3. The summed E-state index contributed by atoms with van der Waals surface area (Å²) in [5.41, 5.74) is -0.373. The average molecular weight is 488 g/mol. The summed E-state index contributed by atoms with van der Waals surface area (Å²) >= 11 is 1.50. The molecular formula is C25H24F3N3O2S. The van der Waals surface area contributed by atoms with Crippen LogP contribution < -0.4 is 10.3 Å². The predicted octanol–water partition coefficient (Wildman–Crippen LogP) is 5.00. The van der Waals surface area contributed by atoms with Crippen molar-refractivity contribution in [1.82, 2.24) is 5.32 Å². The van der Waals surface area contributed by atoms with E-state index in [0.29, 0.717) is 17.9 Å². The van der Waals surface area contributed by atoms with E-state index in [4.69, 9.17) is 9.84 Å². The van der Waals surface area contributed by atoms with Crippen LogP contribution in [0.3, 0.4) is 0 Å². The standard InChI is InChI=1S/C25H24F3N3O2S/c1-15-4-11-21(34-15)22-23(16-5-7-17(26)8-6-16)30-31(20-10-9-18(27)14-19(20)28)25(22,2)24(32)29-12-13-33-3/h4-11,14,22H,12-13H2,1-3H3,(H,29,32). The molecule has 1 aromatic heterocycles. The van der Waals surface area contributed by atoms with Crippen LogP contribution in [0, 0.1) is 24.4 Å². The van der Waals surface area contributed by atoms with Gasteiger partial charge in [-0.3, -0.25) is 4.79 Å². The van der Waals surface area contributed by atoms with Crippen molar-refractivity contribution in [1.29, 1.82) is 0 Å². The molecule has 0 radical (unpaired) electrons. The number of rotatable bonds is 7.